The van der Waals surface area contributed by atoms with Crippen LogP contribution in [0.3, 0.4) is 0 Å². The lowest BCUT2D eigenvalue weighted by Gasteiger charge is -2.25. The molecule has 0 saturated carbocycles. The fourth-order valence-corrected chi connectivity index (χ4v) is 4.70. The van der Waals surface area contributed by atoms with E-state index in [0.29, 0.717) is 5.69 Å². The Bertz CT molecular complexity index is 1110. The number of nitrogens with one attached hydrogen (secondary N) is 1. The maximum Gasteiger partial charge on any atom is 0.264 e. The average Bonchev–Trinajstić information content (AvgIpc) is 2.74. The van der Waals surface area contributed by atoms with Gasteiger partial charge in [-0.2, -0.15) is 0 Å². The van der Waals surface area contributed by atoms with E-state index < -0.39 is 22.0 Å². The van der Waals surface area contributed by atoms with Crippen molar-refractivity contribution in [2.24, 2.45) is 0 Å². The Kier molecular flexibility index (Phi) is 7.09. The Morgan fingerprint density at radius 1 is 1.00 bits per heavy atom. The van der Waals surface area contributed by atoms with E-state index in [1.165, 1.54) is 24.3 Å². The molecule has 30 heavy (non-hydrogen) atoms. The molecular formula is C22H20FIN2O3S. The third-order valence-corrected chi connectivity index (χ3v) is 6.99. The van der Waals surface area contributed by atoms with Crippen LogP contribution in [0.2, 0.25) is 0 Å². The van der Waals surface area contributed by atoms with Crippen LogP contribution in [0.15, 0.2) is 83.8 Å². The first kappa shape index (κ1) is 22.2. The predicted molar refractivity (Wildman–Crippen MR) is 123 cm³/mol. The molecule has 156 valence electrons. The van der Waals surface area contributed by atoms with Crippen molar-refractivity contribution < 1.29 is 17.6 Å². The maximum absolute atomic E-state index is 13.2. The van der Waals surface area contributed by atoms with Crippen molar-refractivity contribution in [3.63, 3.8) is 0 Å². The first-order valence-electron chi connectivity index (χ1n) is 9.15. The molecule has 1 amide bonds. The van der Waals surface area contributed by atoms with Gasteiger partial charge >= 0.3 is 0 Å². The first-order chi connectivity index (χ1) is 14.3. The number of amides is 1. The quantitative estimate of drug-likeness (QED) is 0.451. The highest BCUT2D eigenvalue weighted by Gasteiger charge is 2.27. The van der Waals surface area contributed by atoms with Crippen LogP contribution in [0.5, 0.6) is 0 Å². The molecular weight excluding hydrogens is 518 g/mol. The Morgan fingerprint density at radius 3 is 2.20 bits per heavy atom. The summed E-state index contributed by atoms with van der Waals surface area (Å²) in [4.78, 5) is 12.8. The van der Waals surface area contributed by atoms with E-state index in [9.17, 15) is 17.6 Å². The number of carbonyl (C=O) groups excluding carboxylic acids is 1. The lowest BCUT2D eigenvalue weighted by Crippen LogP contribution is -2.41. The van der Waals surface area contributed by atoms with Gasteiger partial charge in [-0.25, -0.2) is 12.8 Å². The number of benzene rings is 3. The number of nitrogens with zero attached hydrogens (tertiary/aromatic N) is 1. The average molecular weight is 538 g/mol. The van der Waals surface area contributed by atoms with Crippen LogP contribution in [0.25, 0.3) is 0 Å². The summed E-state index contributed by atoms with van der Waals surface area (Å²) in [5.74, 6) is -0.832. The van der Waals surface area contributed by atoms with Gasteiger partial charge in [-0.15, -0.1) is 0 Å². The molecule has 0 spiro atoms. The second kappa shape index (κ2) is 9.57. The molecule has 1 atom stereocenters. The molecule has 3 aromatic carbocycles. The van der Waals surface area contributed by atoms with Gasteiger partial charge in [0.15, 0.2) is 0 Å². The van der Waals surface area contributed by atoms with Gasteiger partial charge in [-0.3, -0.25) is 9.10 Å². The summed E-state index contributed by atoms with van der Waals surface area (Å²) >= 11 is 2.13. The number of halogens is 2. The van der Waals surface area contributed by atoms with Crippen molar-refractivity contribution in [3.05, 3.63) is 93.8 Å². The molecule has 1 N–H and O–H groups in total. The summed E-state index contributed by atoms with van der Waals surface area (Å²) in [5.41, 5.74) is 1.11. The second-order valence-corrected chi connectivity index (χ2v) is 9.75. The van der Waals surface area contributed by atoms with Crippen LogP contribution in [0.4, 0.5) is 10.1 Å². The van der Waals surface area contributed by atoms with Crippen LogP contribution >= 0.6 is 22.6 Å². The van der Waals surface area contributed by atoms with E-state index in [2.05, 4.69) is 27.9 Å². The lowest BCUT2D eigenvalue weighted by molar-refractivity contribution is -0.120. The van der Waals surface area contributed by atoms with Crippen molar-refractivity contribution in [1.29, 1.82) is 0 Å². The minimum Gasteiger partial charge on any atom is -0.348 e. The zero-order valence-corrected chi connectivity index (χ0v) is 19.1. The summed E-state index contributed by atoms with van der Waals surface area (Å²) in [7, 11) is -3.95. The van der Waals surface area contributed by atoms with Gasteiger partial charge < -0.3 is 5.32 Å². The Balaban J connectivity index is 1.86. The van der Waals surface area contributed by atoms with Gasteiger partial charge in [0, 0.05) is 3.57 Å². The number of sulfonamides is 1. The van der Waals surface area contributed by atoms with Crippen molar-refractivity contribution in [1.82, 2.24) is 5.32 Å². The van der Waals surface area contributed by atoms with E-state index in [-0.39, 0.29) is 17.3 Å². The first-order valence-corrected chi connectivity index (χ1v) is 11.7. The smallest absolute Gasteiger partial charge is 0.264 e. The Morgan fingerprint density at radius 2 is 1.60 bits per heavy atom. The molecule has 0 radical (unpaired) electrons. The normalized spacial score (nSPS) is 12.2. The molecule has 0 fully saturated rings. The van der Waals surface area contributed by atoms with E-state index in [1.807, 2.05) is 0 Å². The zero-order valence-electron chi connectivity index (χ0n) is 16.1. The number of hydrogen-bond donors (Lipinski definition) is 1. The highest BCUT2D eigenvalue weighted by molar-refractivity contribution is 14.1. The van der Waals surface area contributed by atoms with Gasteiger partial charge in [0.1, 0.15) is 12.4 Å². The molecule has 5 nitrogen and oxygen atoms in total. The molecule has 0 saturated heterocycles. The minimum atomic E-state index is -3.95. The Hall–Kier alpha value is -2.46. The topological polar surface area (TPSA) is 66.5 Å². The number of rotatable bonds is 7. The number of hydrogen-bond acceptors (Lipinski definition) is 3. The summed E-state index contributed by atoms with van der Waals surface area (Å²) in [6, 6.07) is 20.3. The summed E-state index contributed by atoms with van der Waals surface area (Å²) in [6.45, 7) is 1.37. The summed E-state index contributed by atoms with van der Waals surface area (Å²) < 4.78 is 41.7. The van der Waals surface area contributed by atoms with Gasteiger partial charge in [-0.1, -0.05) is 30.3 Å². The van der Waals surface area contributed by atoms with Crippen molar-refractivity contribution >= 4 is 44.2 Å². The molecule has 3 rings (SSSR count). The highest BCUT2D eigenvalue weighted by Crippen LogP contribution is 2.24. The summed E-state index contributed by atoms with van der Waals surface area (Å²) in [6.07, 6.45) is 0. The molecule has 0 unspecified atom stereocenters. The van der Waals surface area contributed by atoms with Gasteiger partial charge in [0.2, 0.25) is 5.91 Å². The largest absolute Gasteiger partial charge is 0.348 e. The fourth-order valence-electron chi connectivity index (χ4n) is 2.89. The molecule has 0 aliphatic rings. The van der Waals surface area contributed by atoms with Gasteiger partial charge in [0.05, 0.1) is 16.6 Å². The minimum absolute atomic E-state index is 0.0999. The molecule has 3 aromatic rings. The molecule has 0 aliphatic heterocycles. The Labute approximate surface area is 189 Å². The van der Waals surface area contributed by atoms with E-state index in [0.717, 1.165) is 13.4 Å². The fraction of sp³-hybridized carbons (Fsp3) is 0.136. The third-order valence-electron chi connectivity index (χ3n) is 4.48. The molecule has 8 heteroatoms. The van der Waals surface area contributed by atoms with Crippen LogP contribution < -0.4 is 9.62 Å². The van der Waals surface area contributed by atoms with Gasteiger partial charge in [0.25, 0.3) is 10.0 Å². The lowest BCUT2D eigenvalue weighted by atomic mass is 10.1. The summed E-state index contributed by atoms with van der Waals surface area (Å²) in [5, 5.41) is 2.78. The SMILES string of the molecule is C[C@H](NC(=O)CN(c1ccc(I)cc1)S(=O)(=O)c1ccccc1)c1ccc(F)cc1. The molecule has 0 bridgehead atoms. The van der Waals surface area contributed by atoms with E-state index >= 15 is 0 Å². The zero-order chi connectivity index (χ0) is 21.7. The standard InChI is InChI=1S/C22H20FIN2O3S/c1-16(17-7-9-18(23)10-8-17)25-22(27)15-26(20-13-11-19(24)12-14-20)30(28,29)21-5-3-2-4-6-21/h2-14,16H,15H2,1H3,(H,25,27)/t16-/m0/s1. The second-order valence-electron chi connectivity index (χ2n) is 6.64. The predicted octanol–water partition coefficient (Wildman–Crippen LogP) is 4.50. The van der Waals surface area contributed by atoms with Gasteiger partial charge in [-0.05, 0) is 83.6 Å². The van der Waals surface area contributed by atoms with Crippen molar-refractivity contribution in [3.8, 4) is 0 Å². The number of anilines is 1. The molecule has 0 heterocycles. The van der Waals surface area contributed by atoms with Crippen LogP contribution in [-0.2, 0) is 14.8 Å². The van der Waals surface area contributed by atoms with Crippen LogP contribution in [-0.4, -0.2) is 20.9 Å². The van der Waals surface area contributed by atoms with Crippen LogP contribution in [0.1, 0.15) is 18.5 Å². The highest BCUT2D eigenvalue weighted by atomic mass is 127. The van der Waals surface area contributed by atoms with Crippen molar-refractivity contribution in [2.75, 3.05) is 10.8 Å². The maximum atomic E-state index is 13.2. The molecule has 0 aliphatic carbocycles. The number of carbonyl (C=O) groups is 1. The third kappa shape index (κ3) is 5.37. The van der Waals surface area contributed by atoms with E-state index in [1.54, 1.807) is 61.5 Å². The van der Waals surface area contributed by atoms with E-state index in [4.69, 9.17) is 0 Å². The monoisotopic (exact) mass is 538 g/mol. The van der Waals surface area contributed by atoms with Crippen LogP contribution in [0, 0.1) is 9.39 Å². The van der Waals surface area contributed by atoms with Crippen molar-refractivity contribution in [2.45, 2.75) is 17.9 Å². The molecule has 0 aromatic heterocycles.